The first kappa shape index (κ1) is 12.1. The number of aromatic nitrogens is 1. The maximum Gasteiger partial charge on any atom is 0.223 e. The van der Waals surface area contributed by atoms with Crippen molar-refractivity contribution >= 4 is 0 Å². The quantitative estimate of drug-likeness (QED) is 0.893. The van der Waals surface area contributed by atoms with Crippen LogP contribution in [0.2, 0.25) is 0 Å². The number of nitrogens with two attached hydrogens (primary N) is 1. The van der Waals surface area contributed by atoms with Crippen molar-refractivity contribution < 1.29 is 4.74 Å². The van der Waals surface area contributed by atoms with Gasteiger partial charge in [0.25, 0.3) is 0 Å². The zero-order valence-corrected chi connectivity index (χ0v) is 10.00. The summed E-state index contributed by atoms with van der Waals surface area (Å²) in [7, 11) is 0. The lowest BCUT2D eigenvalue weighted by molar-refractivity contribution is 0.452. The minimum atomic E-state index is -0.159. The van der Waals surface area contributed by atoms with Gasteiger partial charge in [-0.25, -0.2) is 4.98 Å². The molecule has 2 N–H and O–H groups in total. The summed E-state index contributed by atoms with van der Waals surface area (Å²) in [6.45, 7) is 1.87. The summed E-state index contributed by atoms with van der Waals surface area (Å²) >= 11 is 0. The second-order valence-electron chi connectivity index (χ2n) is 3.93. The number of benzene rings is 1. The molecule has 1 unspecified atom stereocenters. The molecule has 4 nitrogen and oxygen atoms in total. The van der Waals surface area contributed by atoms with Gasteiger partial charge in [-0.15, -0.1) is 0 Å². The molecule has 0 spiro atoms. The van der Waals surface area contributed by atoms with Gasteiger partial charge in [0.2, 0.25) is 5.88 Å². The third-order valence-electron chi connectivity index (χ3n) is 2.47. The molecule has 2 rings (SSSR count). The van der Waals surface area contributed by atoms with Gasteiger partial charge in [-0.05, 0) is 31.2 Å². The molecule has 0 bridgehead atoms. The summed E-state index contributed by atoms with van der Waals surface area (Å²) in [5, 5.41) is 8.83. The molecule has 1 aromatic carbocycles. The van der Waals surface area contributed by atoms with Gasteiger partial charge >= 0.3 is 0 Å². The van der Waals surface area contributed by atoms with Crippen molar-refractivity contribution in [2.75, 3.05) is 0 Å². The van der Waals surface area contributed by atoms with Gasteiger partial charge in [0, 0.05) is 17.8 Å². The average Bonchev–Trinajstić information content (AvgIpc) is 2.39. The number of hydrogen-bond acceptors (Lipinski definition) is 4. The molecule has 0 saturated heterocycles. The van der Waals surface area contributed by atoms with Gasteiger partial charge in [0.15, 0.2) is 0 Å². The van der Waals surface area contributed by atoms with E-state index < -0.39 is 0 Å². The van der Waals surface area contributed by atoms with Crippen molar-refractivity contribution in [1.82, 2.24) is 4.98 Å². The molecule has 90 valence electrons. The van der Waals surface area contributed by atoms with E-state index in [1.807, 2.05) is 19.1 Å². The molecule has 1 atom stereocenters. The van der Waals surface area contributed by atoms with E-state index in [9.17, 15) is 0 Å². The molecule has 0 aliphatic carbocycles. The molecule has 4 heteroatoms. The fraction of sp³-hybridized carbons (Fsp3) is 0.143. The van der Waals surface area contributed by atoms with E-state index in [2.05, 4.69) is 11.1 Å². The van der Waals surface area contributed by atoms with Crippen LogP contribution in [0.15, 0.2) is 42.6 Å². The van der Waals surface area contributed by atoms with Crippen LogP contribution in [-0.4, -0.2) is 4.98 Å². The Balaban J connectivity index is 2.31. The molecule has 0 radical (unpaired) electrons. The predicted molar refractivity (Wildman–Crippen MR) is 68.1 cm³/mol. The zero-order valence-electron chi connectivity index (χ0n) is 10.00. The third kappa shape index (κ3) is 2.65. The van der Waals surface area contributed by atoms with Crippen molar-refractivity contribution in [3.63, 3.8) is 0 Å². The Morgan fingerprint density at radius 1 is 1.33 bits per heavy atom. The van der Waals surface area contributed by atoms with E-state index in [0.717, 1.165) is 5.56 Å². The van der Waals surface area contributed by atoms with Crippen LogP contribution in [0.3, 0.4) is 0 Å². The van der Waals surface area contributed by atoms with Crippen molar-refractivity contribution in [3.05, 3.63) is 53.7 Å². The van der Waals surface area contributed by atoms with Crippen LogP contribution in [0.1, 0.15) is 24.1 Å². The summed E-state index contributed by atoms with van der Waals surface area (Å²) in [6, 6.07) is 12.5. The lowest BCUT2D eigenvalue weighted by atomic mass is 10.1. The third-order valence-corrected chi connectivity index (χ3v) is 2.47. The standard InChI is InChI=1S/C14H13N3O/c1-10(16)13-6-3-7-17-14(13)18-12-5-2-4-11(8-12)9-15/h2-8,10H,16H2,1H3. The Hall–Kier alpha value is -2.38. The summed E-state index contributed by atoms with van der Waals surface area (Å²) < 4.78 is 5.67. The summed E-state index contributed by atoms with van der Waals surface area (Å²) in [4.78, 5) is 4.17. The number of nitriles is 1. The van der Waals surface area contributed by atoms with Crippen LogP contribution in [0.4, 0.5) is 0 Å². The summed E-state index contributed by atoms with van der Waals surface area (Å²) in [6.07, 6.45) is 1.65. The molecular formula is C14H13N3O. The van der Waals surface area contributed by atoms with Gasteiger partial charge in [-0.1, -0.05) is 12.1 Å². The first-order chi connectivity index (χ1) is 8.70. The van der Waals surface area contributed by atoms with Crippen LogP contribution in [0.5, 0.6) is 11.6 Å². The molecule has 2 aromatic rings. The van der Waals surface area contributed by atoms with Gasteiger partial charge in [0.1, 0.15) is 5.75 Å². The maximum absolute atomic E-state index is 8.83. The second kappa shape index (κ2) is 5.30. The van der Waals surface area contributed by atoms with E-state index in [1.165, 1.54) is 0 Å². The molecule has 0 amide bonds. The Bertz CT molecular complexity index is 588. The fourth-order valence-electron chi connectivity index (χ4n) is 1.58. The highest BCUT2D eigenvalue weighted by atomic mass is 16.5. The largest absolute Gasteiger partial charge is 0.439 e. The highest BCUT2D eigenvalue weighted by Gasteiger charge is 2.09. The van der Waals surface area contributed by atoms with Crippen molar-refractivity contribution in [3.8, 4) is 17.7 Å². The van der Waals surface area contributed by atoms with Crippen molar-refractivity contribution in [2.45, 2.75) is 13.0 Å². The van der Waals surface area contributed by atoms with Crippen LogP contribution < -0.4 is 10.5 Å². The summed E-state index contributed by atoms with van der Waals surface area (Å²) in [5.41, 5.74) is 7.23. The Kier molecular flexibility index (Phi) is 3.56. The van der Waals surface area contributed by atoms with Crippen molar-refractivity contribution in [2.24, 2.45) is 5.73 Å². The van der Waals surface area contributed by atoms with E-state index in [4.69, 9.17) is 15.7 Å². The van der Waals surface area contributed by atoms with Gasteiger partial charge in [0.05, 0.1) is 11.6 Å². The topological polar surface area (TPSA) is 71.9 Å². The number of hydrogen-bond donors (Lipinski definition) is 1. The van der Waals surface area contributed by atoms with Gasteiger partial charge in [-0.3, -0.25) is 0 Å². The molecule has 0 fully saturated rings. The lowest BCUT2D eigenvalue weighted by Crippen LogP contribution is -2.07. The van der Waals surface area contributed by atoms with Crippen LogP contribution in [0, 0.1) is 11.3 Å². The molecule has 0 aliphatic rings. The van der Waals surface area contributed by atoms with Gasteiger partial charge in [-0.2, -0.15) is 5.26 Å². The van der Waals surface area contributed by atoms with E-state index in [1.54, 1.807) is 30.5 Å². The average molecular weight is 239 g/mol. The highest BCUT2D eigenvalue weighted by Crippen LogP contribution is 2.26. The maximum atomic E-state index is 8.83. The predicted octanol–water partition coefficient (Wildman–Crippen LogP) is 2.77. The molecule has 1 heterocycles. The number of ether oxygens (including phenoxy) is 1. The Morgan fingerprint density at radius 2 is 2.17 bits per heavy atom. The second-order valence-corrected chi connectivity index (χ2v) is 3.93. The fourth-order valence-corrected chi connectivity index (χ4v) is 1.58. The normalized spacial score (nSPS) is 11.6. The number of rotatable bonds is 3. The van der Waals surface area contributed by atoms with E-state index >= 15 is 0 Å². The van der Waals surface area contributed by atoms with Gasteiger partial charge < -0.3 is 10.5 Å². The first-order valence-electron chi connectivity index (χ1n) is 5.59. The van der Waals surface area contributed by atoms with Crippen LogP contribution >= 0.6 is 0 Å². The minimum Gasteiger partial charge on any atom is -0.439 e. The zero-order chi connectivity index (χ0) is 13.0. The number of pyridine rings is 1. The number of nitrogens with zero attached hydrogens (tertiary/aromatic N) is 2. The van der Waals surface area contributed by atoms with Crippen molar-refractivity contribution in [1.29, 1.82) is 5.26 Å². The van der Waals surface area contributed by atoms with Crippen LogP contribution in [0.25, 0.3) is 0 Å². The highest BCUT2D eigenvalue weighted by molar-refractivity contribution is 5.39. The Morgan fingerprint density at radius 3 is 2.89 bits per heavy atom. The Labute approximate surface area is 106 Å². The van der Waals surface area contributed by atoms with Crippen LogP contribution in [-0.2, 0) is 0 Å². The minimum absolute atomic E-state index is 0.159. The smallest absolute Gasteiger partial charge is 0.223 e. The SMILES string of the molecule is CC(N)c1cccnc1Oc1cccc(C#N)c1. The molecular weight excluding hydrogens is 226 g/mol. The molecule has 18 heavy (non-hydrogen) atoms. The van der Waals surface area contributed by atoms with E-state index in [-0.39, 0.29) is 6.04 Å². The van der Waals surface area contributed by atoms with E-state index in [0.29, 0.717) is 17.2 Å². The molecule has 1 aromatic heterocycles. The summed E-state index contributed by atoms with van der Waals surface area (Å²) in [5.74, 6) is 1.05. The first-order valence-corrected chi connectivity index (χ1v) is 5.59. The lowest BCUT2D eigenvalue weighted by Gasteiger charge is -2.12. The monoisotopic (exact) mass is 239 g/mol. The molecule has 0 saturated carbocycles. The molecule has 0 aliphatic heterocycles.